The number of rotatable bonds is 2. The molecule has 0 saturated carbocycles. The Kier molecular flexibility index (Phi) is 4.03. The van der Waals surface area contributed by atoms with Gasteiger partial charge in [0, 0.05) is 6.42 Å². The molecule has 22 heavy (non-hydrogen) atoms. The van der Waals surface area contributed by atoms with Gasteiger partial charge in [-0.05, 0) is 54.8 Å². The van der Waals surface area contributed by atoms with Gasteiger partial charge in [0.2, 0.25) is 0 Å². The molecule has 1 heterocycles. The predicted molar refractivity (Wildman–Crippen MR) is 83.8 cm³/mol. The van der Waals surface area contributed by atoms with Crippen LogP contribution in [0.2, 0.25) is 0 Å². The average molecular weight is 301 g/mol. The summed E-state index contributed by atoms with van der Waals surface area (Å²) >= 11 is 0. The Morgan fingerprint density at radius 2 is 1.73 bits per heavy atom. The van der Waals surface area contributed by atoms with Crippen LogP contribution in [0.5, 0.6) is 11.5 Å². The van der Waals surface area contributed by atoms with Crippen molar-refractivity contribution in [1.29, 1.82) is 0 Å². The van der Waals surface area contributed by atoms with Crippen LogP contribution in [0.3, 0.4) is 0 Å². The van der Waals surface area contributed by atoms with E-state index in [1.807, 2.05) is 26.0 Å². The summed E-state index contributed by atoms with van der Waals surface area (Å²) in [7, 11) is 0. The minimum Gasteiger partial charge on any atom is -0.490 e. The molecule has 2 unspecified atom stereocenters. The molecule has 0 aromatic heterocycles. The van der Waals surface area contributed by atoms with Crippen molar-refractivity contribution < 1.29 is 13.9 Å². The van der Waals surface area contributed by atoms with Crippen molar-refractivity contribution in [3.63, 3.8) is 0 Å². The van der Waals surface area contributed by atoms with Crippen molar-refractivity contribution >= 4 is 0 Å². The fraction of sp³-hybridized carbons (Fsp3) is 0.333. The molecule has 0 amide bonds. The van der Waals surface area contributed by atoms with Crippen molar-refractivity contribution in [2.24, 2.45) is 5.73 Å². The zero-order valence-corrected chi connectivity index (χ0v) is 12.8. The van der Waals surface area contributed by atoms with Gasteiger partial charge in [-0.1, -0.05) is 12.1 Å². The first-order chi connectivity index (χ1) is 10.5. The van der Waals surface area contributed by atoms with E-state index >= 15 is 0 Å². The topological polar surface area (TPSA) is 44.5 Å². The molecule has 3 nitrogen and oxygen atoms in total. The Labute approximate surface area is 129 Å². The molecule has 2 aromatic carbocycles. The van der Waals surface area contributed by atoms with Gasteiger partial charge in [0.25, 0.3) is 0 Å². The Morgan fingerprint density at radius 1 is 1.09 bits per heavy atom. The van der Waals surface area contributed by atoms with Gasteiger partial charge in [-0.15, -0.1) is 0 Å². The third-order valence-electron chi connectivity index (χ3n) is 4.15. The first kappa shape index (κ1) is 14.9. The van der Waals surface area contributed by atoms with Crippen molar-refractivity contribution in [3.05, 3.63) is 58.9 Å². The zero-order chi connectivity index (χ0) is 15.7. The lowest BCUT2D eigenvalue weighted by atomic mass is 10.00. The maximum Gasteiger partial charge on any atom is 0.161 e. The highest BCUT2D eigenvalue weighted by molar-refractivity contribution is 5.47. The quantitative estimate of drug-likeness (QED) is 0.920. The molecule has 1 aliphatic rings. The minimum absolute atomic E-state index is 0.200. The third kappa shape index (κ3) is 2.92. The standard InChI is InChI=1S/C18H20FNO2/c1-11-9-16-17(10-12(11)2)22-15(7-8-21-16)18(20)13-3-5-14(19)6-4-13/h3-6,9-10,15,18H,7-8,20H2,1-2H3. The molecule has 1 aliphatic heterocycles. The number of benzene rings is 2. The zero-order valence-electron chi connectivity index (χ0n) is 12.8. The smallest absolute Gasteiger partial charge is 0.161 e. The highest BCUT2D eigenvalue weighted by Gasteiger charge is 2.26. The van der Waals surface area contributed by atoms with E-state index < -0.39 is 0 Å². The van der Waals surface area contributed by atoms with Crippen LogP contribution in [0.4, 0.5) is 4.39 Å². The van der Waals surface area contributed by atoms with E-state index in [1.165, 1.54) is 17.7 Å². The molecule has 2 N–H and O–H groups in total. The van der Waals surface area contributed by atoms with Crippen LogP contribution in [0.25, 0.3) is 0 Å². The molecule has 0 fully saturated rings. The Bertz CT molecular complexity index is 670. The molecule has 2 aromatic rings. The van der Waals surface area contributed by atoms with E-state index in [1.54, 1.807) is 12.1 Å². The number of nitrogens with two attached hydrogens (primary N) is 1. The largest absolute Gasteiger partial charge is 0.490 e. The van der Waals surface area contributed by atoms with Gasteiger partial charge in [0.1, 0.15) is 11.9 Å². The van der Waals surface area contributed by atoms with Gasteiger partial charge in [0.05, 0.1) is 12.6 Å². The van der Waals surface area contributed by atoms with Crippen molar-refractivity contribution in [1.82, 2.24) is 0 Å². The summed E-state index contributed by atoms with van der Waals surface area (Å²) in [5.41, 5.74) is 9.49. The molecular weight excluding hydrogens is 281 g/mol. The molecule has 116 valence electrons. The van der Waals surface area contributed by atoms with Crippen molar-refractivity contribution in [2.45, 2.75) is 32.4 Å². The van der Waals surface area contributed by atoms with Gasteiger partial charge in [-0.25, -0.2) is 4.39 Å². The second kappa shape index (κ2) is 5.97. The fourth-order valence-electron chi connectivity index (χ4n) is 2.63. The van der Waals surface area contributed by atoms with Gasteiger partial charge < -0.3 is 15.2 Å². The number of halogens is 1. The number of ether oxygens (including phenoxy) is 2. The highest BCUT2D eigenvalue weighted by Crippen LogP contribution is 2.35. The van der Waals surface area contributed by atoms with E-state index in [9.17, 15) is 4.39 Å². The van der Waals surface area contributed by atoms with E-state index in [2.05, 4.69) is 0 Å². The number of hydrogen-bond acceptors (Lipinski definition) is 3. The molecule has 2 atom stereocenters. The van der Waals surface area contributed by atoms with Gasteiger partial charge in [0.15, 0.2) is 11.5 Å². The molecule has 0 radical (unpaired) electrons. The van der Waals surface area contributed by atoms with Crippen LogP contribution in [0.15, 0.2) is 36.4 Å². The second-order valence-corrected chi connectivity index (χ2v) is 5.75. The van der Waals surface area contributed by atoms with Crippen molar-refractivity contribution in [3.8, 4) is 11.5 Å². The first-order valence-electron chi connectivity index (χ1n) is 7.46. The Morgan fingerprint density at radius 3 is 2.41 bits per heavy atom. The molecular formula is C18H20FNO2. The summed E-state index contributed by atoms with van der Waals surface area (Å²) in [6, 6.07) is 9.91. The average Bonchev–Trinajstić information content (AvgIpc) is 2.70. The molecule has 3 rings (SSSR count). The predicted octanol–water partition coefficient (Wildman–Crippen LogP) is 3.67. The van der Waals surface area contributed by atoms with Crippen molar-refractivity contribution in [2.75, 3.05) is 6.61 Å². The van der Waals surface area contributed by atoms with Crippen LogP contribution in [0.1, 0.15) is 29.2 Å². The first-order valence-corrected chi connectivity index (χ1v) is 7.46. The number of aryl methyl sites for hydroxylation is 2. The summed E-state index contributed by atoms with van der Waals surface area (Å²) in [4.78, 5) is 0. The molecule has 0 bridgehead atoms. The Hall–Kier alpha value is -2.07. The van der Waals surface area contributed by atoms with E-state index in [-0.39, 0.29) is 18.0 Å². The summed E-state index contributed by atoms with van der Waals surface area (Å²) in [6.07, 6.45) is 0.486. The lowest BCUT2D eigenvalue weighted by Crippen LogP contribution is -2.31. The van der Waals surface area contributed by atoms with Crippen LogP contribution in [-0.4, -0.2) is 12.7 Å². The third-order valence-corrected chi connectivity index (χ3v) is 4.15. The molecule has 0 saturated heterocycles. The monoisotopic (exact) mass is 301 g/mol. The normalized spacial score (nSPS) is 18.6. The summed E-state index contributed by atoms with van der Waals surface area (Å²) in [5.74, 6) is 1.22. The summed E-state index contributed by atoms with van der Waals surface area (Å²) < 4.78 is 24.9. The van der Waals surface area contributed by atoms with Gasteiger partial charge >= 0.3 is 0 Å². The van der Waals surface area contributed by atoms with Crippen LogP contribution in [-0.2, 0) is 0 Å². The number of hydrogen-bond donors (Lipinski definition) is 1. The van der Waals surface area contributed by atoms with E-state index in [0.717, 1.165) is 22.6 Å². The summed E-state index contributed by atoms with van der Waals surface area (Å²) in [5, 5.41) is 0. The SMILES string of the molecule is Cc1cc2c(cc1C)OC(C(N)c1ccc(F)cc1)CCO2. The second-order valence-electron chi connectivity index (χ2n) is 5.75. The van der Waals surface area contributed by atoms with Crippen LogP contribution in [0, 0.1) is 19.7 Å². The fourth-order valence-corrected chi connectivity index (χ4v) is 2.63. The molecule has 4 heteroatoms. The lowest BCUT2D eigenvalue weighted by molar-refractivity contribution is 0.162. The molecule has 0 aliphatic carbocycles. The summed E-state index contributed by atoms with van der Waals surface area (Å²) in [6.45, 7) is 4.64. The maximum absolute atomic E-state index is 13.0. The van der Waals surface area contributed by atoms with Gasteiger partial charge in [-0.2, -0.15) is 0 Å². The number of fused-ring (bicyclic) bond motifs is 1. The maximum atomic E-state index is 13.0. The molecule has 0 spiro atoms. The van der Waals surface area contributed by atoms with Gasteiger partial charge in [-0.3, -0.25) is 0 Å². The van der Waals surface area contributed by atoms with E-state index in [0.29, 0.717) is 13.0 Å². The lowest BCUT2D eigenvalue weighted by Gasteiger charge is -2.23. The highest BCUT2D eigenvalue weighted by atomic mass is 19.1. The van der Waals surface area contributed by atoms with Crippen LogP contribution < -0.4 is 15.2 Å². The van der Waals surface area contributed by atoms with Crippen LogP contribution >= 0.6 is 0 Å². The Balaban J connectivity index is 1.86. The minimum atomic E-state index is -0.322. The van der Waals surface area contributed by atoms with E-state index in [4.69, 9.17) is 15.2 Å².